The lowest BCUT2D eigenvalue weighted by Crippen LogP contribution is -2.27. The second-order valence-corrected chi connectivity index (χ2v) is 9.36. The third-order valence-electron chi connectivity index (χ3n) is 4.66. The zero-order valence-electron chi connectivity index (χ0n) is 15.3. The zero-order chi connectivity index (χ0) is 19.9. The summed E-state index contributed by atoms with van der Waals surface area (Å²) in [7, 11) is 0. The van der Waals surface area contributed by atoms with Crippen LogP contribution < -0.4 is 0 Å². The normalized spacial score (nSPS) is 11.6. The second-order valence-electron chi connectivity index (χ2n) is 6.89. The molecule has 6 heteroatoms. The van der Waals surface area contributed by atoms with Gasteiger partial charge in [0.2, 0.25) is 0 Å². The highest BCUT2D eigenvalue weighted by molar-refractivity contribution is 8.01. The summed E-state index contributed by atoms with van der Waals surface area (Å²) < 4.78 is 4.39. The van der Waals surface area contributed by atoms with Crippen LogP contribution in [0.4, 0.5) is 5.69 Å². The Labute approximate surface area is 170 Å². The first-order chi connectivity index (χ1) is 13.4. The van der Waals surface area contributed by atoms with Crippen LogP contribution in [0, 0.1) is 6.57 Å². The fraction of sp³-hybridized carbons (Fsp3) is 0.136. The molecule has 0 aliphatic rings. The Bertz CT molecular complexity index is 1270. The number of fused-ring (bicyclic) bond motifs is 2. The van der Waals surface area contributed by atoms with Gasteiger partial charge in [0.25, 0.3) is 0 Å². The van der Waals surface area contributed by atoms with E-state index in [9.17, 15) is 9.90 Å². The van der Waals surface area contributed by atoms with Crippen LogP contribution in [0.15, 0.2) is 59.6 Å². The standard InChI is InChI=1S/C22H16N2O2S2/c1-22(2,21(25)26)27-18-11-8-13-12-24-28-20(13)19(18)16-9-10-17(23-3)15-7-5-4-6-14(15)16/h4-12H,1-2H3,(H,25,26). The molecule has 138 valence electrons. The molecule has 1 aromatic heterocycles. The molecule has 0 atom stereocenters. The maximum atomic E-state index is 11.7. The van der Waals surface area contributed by atoms with E-state index in [4.69, 9.17) is 6.57 Å². The molecule has 3 aromatic carbocycles. The van der Waals surface area contributed by atoms with E-state index < -0.39 is 10.7 Å². The van der Waals surface area contributed by atoms with Crippen LogP contribution in [0.1, 0.15) is 13.8 Å². The molecule has 0 bridgehead atoms. The van der Waals surface area contributed by atoms with Crippen molar-refractivity contribution >= 4 is 55.8 Å². The van der Waals surface area contributed by atoms with Crippen LogP contribution in [0.2, 0.25) is 0 Å². The first-order valence-electron chi connectivity index (χ1n) is 8.62. The number of aromatic nitrogens is 1. The number of thioether (sulfide) groups is 1. The van der Waals surface area contributed by atoms with Gasteiger partial charge in [-0.3, -0.25) is 4.79 Å². The number of aliphatic carboxylic acids is 1. The van der Waals surface area contributed by atoms with Gasteiger partial charge in [-0.25, -0.2) is 4.85 Å². The number of nitrogens with zero attached hydrogens (tertiary/aromatic N) is 2. The Morgan fingerprint density at radius 1 is 1.14 bits per heavy atom. The minimum atomic E-state index is -0.973. The van der Waals surface area contributed by atoms with Crippen molar-refractivity contribution in [3.63, 3.8) is 0 Å². The molecule has 4 nitrogen and oxygen atoms in total. The molecule has 1 heterocycles. The Kier molecular flexibility index (Phi) is 4.58. The molecular formula is C22H16N2O2S2. The fourth-order valence-corrected chi connectivity index (χ4v) is 5.13. The van der Waals surface area contributed by atoms with E-state index in [0.29, 0.717) is 5.69 Å². The van der Waals surface area contributed by atoms with E-state index in [1.807, 2.05) is 54.7 Å². The topological polar surface area (TPSA) is 54.5 Å². The number of carboxylic acids is 1. The van der Waals surface area contributed by atoms with Crippen LogP contribution >= 0.6 is 23.3 Å². The minimum absolute atomic E-state index is 0.607. The van der Waals surface area contributed by atoms with Gasteiger partial charge >= 0.3 is 5.97 Å². The molecule has 0 aliphatic heterocycles. The van der Waals surface area contributed by atoms with Gasteiger partial charge in [-0.05, 0) is 47.8 Å². The fourth-order valence-electron chi connectivity index (χ4n) is 3.17. The molecule has 0 unspecified atom stereocenters. The summed E-state index contributed by atoms with van der Waals surface area (Å²) in [4.78, 5) is 16.3. The highest BCUT2D eigenvalue weighted by Gasteiger charge is 2.30. The first kappa shape index (κ1) is 18.5. The van der Waals surface area contributed by atoms with Crippen LogP contribution in [0.5, 0.6) is 0 Å². The van der Waals surface area contributed by atoms with Gasteiger partial charge in [0, 0.05) is 22.0 Å². The van der Waals surface area contributed by atoms with Gasteiger partial charge in [-0.1, -0.05) is 42.5 Å². The molecule has 4 aromatic rings. The summed E-state index contributed by atoms with van der Waals surface area (Å²) in [5.74, 6) is -0.860. The van der Waals surface area contributed by atoms with Gasteiger partial charge in [0.05, 0.1) is 11.3 Å². The quantitative estimate of drug-likeness (QED) is 0.307. The number of hydrogen-bond donors (Lipinski definition) is 1. The van der Waals surface area contributed by atoms with Crippen LogP contribution in [0.25, 0.3) is 36.8 Å². The minimum Gasteiger partial charge on any atom is -0.480 e. The smallest absolute Gasteiger partial charge is 0.319 e. The summed E-state index contributed by atoms with van der Waals surface area (Å²) in [6.45, 7) is 10.9. The van der Waals surface area contributed by atoms with Crippen LogP contribution in [-0.4, -0.2) is 20.2 Å². The Balaban J connectivity index is 2.05. The van der Waals surface area contributed by atoms with Crippen molar-refractivity contribution in [1.29, 1.82) is 0 Å². The van der Waals surface area contributed by atoms with E-state index in [1.54, 1.807) is 13.8 Å². The van der Waals surface area contributed by atoms with Gasteiger partial charge in [0.15, 0.2) is 5.69 Å². The van der Waals surface area contributed by atoms with Crippen molar-refractivity contribution < 1.29 is 9.90 Å². The van der Waals surface area contributed by atoms with Crippen molar-refractivity contribution in [3.8, 4) is 11.1 Å². The summed E-state index contributed by atoms with van der Waals surface area (Å²) in [6.07, 6.45) is 1.83. The molecule has 1 N–H and O–H groups in total. The molecule has 0 saturated carbocycles. The first-order valence-corrected chi connectivity index (χ1v) is 10.2. The van der Waals surface area contributed by atoms with E-state index >= 15 is 0 Å². The third kappa shape index (κ3) is 3.03. The van der Waals surface area contributed by atoms with Crippen molar-refractivity contribution in [3.05, 3.63) is 66.1 Å². The summed E-state index contributed by atoms with van der Waals surface area (Å²) >= 11 is 2.74. The lowest BCUT2D eigenvalue weighted by atomic mass is 9.96. The average Bonchev–Trinajstić information content (AvgIpc) is 3.15. The highest BCUT2D eigenvalue weighted by atomic mass is 32.2. The lowest BCUT2D eigenvalue weighted by molar-refractivity contribution is -0.138. The van der Waals surface area contributed by atoms with Gasteiger partial charge < -0.3 is 5.11 Å². The largest absolute Gasteiger partial charge is 0.480 e. The molecule has 0 amide bonds. The third-order valence-corrected chi connectivity index (χ3v) is 6.73. The van der Waals surface area contributed by atoms with Crippen LogP contribution in [0.3, 0.4) is 0 Å². The molecule has 0 saturated heterocycles. The monoisotopic (exact) mass is 404 g/mol. The van der Waals surface area contributed by atoms with Crippen molar-refractivity contribution in [1.82, 2.24) is 4.37 Å². The highest BCUT2D eigenvalue weighted by Crippen LogP contribution is 2.46. The second kappa shape index (κ2) is 6.93. The number of carbonyl (C=O) groups is 1. The molecule has 0 radical (unpaired) electrons. The van der Waals surface area contributed by atoms with Crippen molar-refractivity contribution in [2.24, 2.45) is 0 Å². The molecule has 4 rings (SSSR count). The Morgan fingerprint density at radius 2 is 1.89 bits per heavy atom. The molecule has 28 heavy (non-hydrogen) atoms. The van der Waals surface area contributed by atoms with E-state index in [2.05, 4.69) is 9.22 Å². The maximum Gasteiger partial charge on any atom is 0.319 e. The number of carboxylic acid groups (broad SMARTS) is 1. The molecule has 0 aliphatic carbocycles. The predicted octanol–water partition coefficient (Wildman–Crippen LogP) is 6.62. The van der Waals surface area contributed by atoms with Gasteiger partial charge in [0.1, 0.15) is 4.75 Å². The molecular weight excluding hydrogens is 388 g/mol. The average molecular weight is 405 g/mol. The van der Waals surface area contributed by atoms with Gasteiger partial charge in [-0.15, -0.1) is 11.8 Å². The predicted molar refractivity (Wildman–Crippen MR) is 116 cm³/mol. The number of hydrogen-bond acceptors (Lipinski definition) is 4. The number of benzene rings is 3. The summed E-state index contributed by atoms with van der Waals surface area (Å²) in [5.41, 5.74) is 2.57. The molecule has 0 fully saturated rings. The van der Waals surface area contributed by atoms with Crippen molar-refractivity contribution in [2.45, 2.75) is 23.5 Å². The lowest BCUT2D eigenvalue weighted by Gasteiger charge is -2.21. The van der Waals surface area contributed by atoms with E-state index in [1.165, 1.54) is 23.3 Å². The van der Waals surface area contributed by atoms with Crippen LogP contribution in [-0.2, 0) is 4.79 Å². The summed E-state index contributed by atoms with van der Waals surface area (Å²) in [5, 5.41) is 12.5. The molecule has 0 spiro atoms. The Morgan fingerprint density at radius 3 is 2.61 bits per heavy atom. The SMILES string of the molecule is [C-]#[N+]c1ccc(-c2c(SC(C)(C)C(=O)O)ccc3cnsc23)c2ccccc12. The van der Waals surface area contributed by atoms with E-state index in [0.717, 1.165) is 36.9 Å². The van der Waals surface area contributed by atoms with Gasteiger partial charge in [-0.2, -0.15) is 4.37 Å². The van der Waals surface area contributed by atoms with Crippen molar-refractivity contribution in [2.75, 3.05) is 0 Å². The van der Waals surface area contributed by atoms with E-state index in [-0.39, 0.29) is 0 Å². The summed E-state index contributed by atoms with van der Waals surface area (Å²) in [6, 6.07) is 15.6. The Hall–Kier alpha value is -2.88. The zero-order valence-corrected chi connectivity index (χ0v) is 16.9. The number of rotatable bonds is 4. The maximum absolute atomic E-state index is 11.7.